The van der Waals surface area contributed by atoms with Gasteiger partial charge >= 0.3 is 0 Å². The van der Waals surface area contributed by atoms with Gasteiger partial charge in [-0.25, -0.2) is 0 Å². The lowest BCUT2D eigenvalue weighted by Gasteiger charge is -2.10. The van der Waals surface area contributed by atoms with Gasteiger partial charge in [-0.1, -0.05) is 12.7 Å². The summed E-state index contributed by atoms with van der Waals surface area (Å²) < 4.78 is 11.5. The summed E-state index contributed by atoms with van der Waals surface area (Å²) in [5.74, 6) is 0.754. The summed E-state index contributed by atoms with van der Waals surface area (Å²) in [5.41, 5.74) is 0.737. The minimum Gasteiger partial charge on any atom is -0.487 e. The summed E-state index contributed by atoms with van der Waals surface area (Å²) in [6.45, 7) is 5.60. The Morgan fingerprint density at radius 2 is 2.12 bits per heavy atom. The summed E-state index contributed by atoms with van der Waals surface area (Å²) in [6.07, 6.45) is 1.72. The number of ether oxygens (including phenoxy) is 1. The van der Waals surface area contributed by atoms with Gasteiger partial charge in [0.25, 0.3) is 0 Å². The van der Waals surface area contributed by atoms with Crippen molar-refractivity contribution in [3.05, 3.63) is 47.7 Å². The molecule has 1 unspecified atom stereocenters. The Balaban J connectivity index is 2.42. The van der Waals surface area contributed by atoms with Crippen LogP contribution in [-0.4, -0.2) is 6.10 Å². The van der Waals surface area contributed by atoms with E-state index < -0.39 is 0 Å². The SMILES string of the molecule is C=CC(C)Oc1ccc2ccc(=S)oc2c1. The molecule has 0 spiro atoms. The molecule has 2 nitrogen and oxygen atoms in total. The number of hydrogen-bond donors (Lipinski definition) is 0. The van der Waals surface area contributed by atoms with Crippen LogP contribution in [-0.2, 0) is 0 Å². The highest BCUT2D eigenvalue weighted by molar-refractivity contribution is 7.71. The predicted molar refractivity (Wildman–Crippen MR) is 67.3 cm³/mol. The second-order valence-corrected chi connectivity index (χ2v) is 3.92. The topological polar surface area (TPSA) is 22.4 Å². The molecule has 2 rings (SSSR count). The third-order valence-electron chi connectivity index (χ3n) is 2.25. The molecule has 0 fully saturated rings. The highest BCUT2D eigenvalue weighted by Crippen LogP contribution is 2.21. The van der Waals surface area contributed by atoms with Crippen LogP contribution < -0.4 is 4.74 Å². The zero-order chi connectivity index (χ0) is 11.5. The van der Waals surface area contributed by atoms with Crippen molar-refractivity contribution in [1.82, 2.24) is 0 Å². The molecule has 0 bridgehead atoms. The Kier molecular flexibility index (Phi) is 3.06. The number of fused-ring (bicyclic) bond motifs is 1. The maximum absolute atomic E-state index is 5.60. The van der Waals surface area contributed by atoms with E-state index in [-0.39, 0.29) is 6.10 Å². The van der Waals surface area contributed by atoms with Crippen LogP contribution in [0, 0.1) is 4.71 Å². The molecule has 0 N–H and O–H groups in total. The average Bonchev–Trinajstić information content (AvgIpc) is 2.28. The molecule has 1 aromatic heterocycles. The van der Waals surface area contributed by atoms with Crippen molar-refractivity contribution in [2.75, 3.05) is 0 Å². The van der Waals surface area contributed by atoms with Crippen LogP contribution in [0.25, 0.3) is 11.0 Å². The van der Waals surface area contributed by atoms with Crippen LogP contribution in [0.15, 0.2) is 47.4 Å². The number of hydrogen-bond acceptors (Lipinski definition) is 3. The van der Waals surface area contributed by atoms with Crippen molar-refractivity contribution in [3.8, 4) is 5.75 Å². The summed E-state index contributed by atoms with van der Waals surface area (Å²) in [6, 6.07) is 9.39. The zero-order valence-corrected chi connectivity index (χ0v) is 9.79. The second-order valence-electron chi connectivity index (χ2n) is 3.51. The average molecular weight is 232 g/mol. The Labute approximate surface area is 99.2 Å². The molecule has 0 amide bonds. The lowest BCUT2D eigenvalue weighted by Crippen LogP contribution is -2.06. The third-order valence-corrected chi connectivity index (χ3v) is 2.47. The van der Waals surface area contributed by atoms with Crippen molar-refractivity contribution in [3.63, 3.8) is 0 Å². The summed E-state index contributed by atoms with van der Waals surface area (Å²) in [5, 5.41) is 1.01. The molecule has 1 heterocycles. The van der Waals surface area contributed by atoms with Gasteiger partial charge in [0.2, 0.25) is 0 Å². The van der Waals surface area contributed by atoms with Gasteiger partial charge in [-0.15, -0.1) is 0 Å². The van der Waals surface area contributed by atoms with E-state index in [1.54, 1.807) is 12.1 Å². The van der Waals surface area contributed by atoms with Gasteiger partial charge in [0.15, 0.2) is 4.71 Å². The smallest absolute Gasteiger partial charge is 0.190 e. The van der Waals surface area contributed by atoms with Crippen LogP contribution in [0.5, 0.6) is 5.75 Å². The first-order valence-corrected chi connectivity index (χ1v) is 5.43. The molecule has 0 radical (unpaired) electrons. The minimum absolute atomic E-state index is 0.0239. The Hall–Kier alpha value is -1.61. The molecule has 1 aromatic carbocycles. The van der Waals surface area contributed by atoms with Crippen LogP contribution >= 0.6 is 12.2 Å². The molecule has 0 saturated heterocycles. The van der Waals surface area contributed by atoms with Gasteiger partial charge in [0.05, 0.1) is 0 Å². The quantitative estimate of drug-likeness (QED) is 0.587. The monoisotopic (exact) mass is 232 g/mol. The Morgan fingerprint density at radius 3 is 2.88 bits per heavy atom. The van der Waals surface area contributed by atoms with Crippen molar-refractivity contribution in [2.45, 2.75) is 13.0 Å². The predicted octanol–water partition coefficient (Wildman–Crippen LogP) is 4.12. The van der Waals surface area contributed by atoms with Crippen LogP contribution in [0.4, 0.5) is 0 Å². The van der Waals surface area contributed by atoms with Gasteiger partial charge < -0.3 is 9.15 Å². The molecule has 1 atom stereocenters. The van der Waals surface area contributed by atoms with Crippen LogP contribution in [0.3, 0.4) is 0 Å². The first kappa shape index (κ1) is 10.9. The second kappa shape index (κ2) is 4.49. The highest BCUT2D eigenvalue weighted by Gasteiger charge is 2.02. The van der Waals surface area contributed by atoms with E-state index in [0.717, 1.165) is 16.7 Å². The molecule has 0 saturated carbocycles. The fourth-order valence-electron chi connectivity index (χ4n) is 1.38. The van der Waals surface area contributed by atoms with Gasteiger partial charge in [0, 0.05) is 11.5 Å². The van der Waals surface area contributed by atoms with E-state index in [1.165, 1.54) is 0 Å². The van der Waals surface area contributed by atoms with Crippen molar-refractivity contribution in [1.29, 1.82) is 0 Å². The number of rotatable bonds is 3. The fraction of sp³-hybridized carbons (Fsp3) is 0.154. The van der Waals surface area contributed by atoms with E-state index in [0.29, 0.717) is 4.71 Å². The number of benzene rings is 1. The molecule has 2 aromatic rings. The normalized spacial score (nSPS) is 12.3. The van der Waals surface area contributed by atoms with Crippen molar-refractivity contribution >= 4 is 23.2 Å². The standard InChI is InChI=1S/C13H12O2S/c1-3-9(2)14-11-6-4-10-5-7-13(16)15-12(10)8-11/h3-9H,1H2,2H3. The molecule has 0 aliphatic carbocycles. The third kappa shape index (κ3) is 2.31. The molecule has 3 heteroatoms. The lowest BCUT2D eigenvalue weighted by molar-refractivity contribution is 0.270. The molecule has 82 valence electrons. The van der Waals surface area contributed by atoms with E-state index in [9.17, 15) is 0 Å². The molecule has 0 aliphatic rings. The van der Waals surface area contributed by atoms with Gasteiger partial charge in [0.1, 0.15) is 17.4 Å². The highest BCUT2D eigenvalue weighted by atomic mass is 32.1. The molecular weight excluding hydrogens is 220 g/mol. The maximum Gasteiger partial charge on any atom is 0.190 e. The summed E-state index contributed by atoms with van der Waals surface area (Å²) in [7, 11) is 0. The van der Waals surface area contributed by atoms with Crippen LogP contribution in [0.2, 0.25) is 0 Å². The minimum atomic E-state index is -0.0239. The Morgan fingerprint density at radius 1 is 1.38 bits per heavy atom. The largest absolute Gasteiger partial charge is 0.487 e. The zero-order valence-electron chi connectivity index (χ0n) is 8.97. The lowest BCUT2D eigenvalue weighted by atomic mass is 10.2. The fourth-order valence-corrected chi connectivity index (χ4v) is 1.53. The van der Waals surface area contributed by atoms with Crippen molar-refractivity contribution in [2.24, 2.45) is 0 Å². The Bertz CT molecular complexity index is 571. The van der Waals surface area contributed by atoms with Crippen LogP contribution in [0.1, 0.15) is 6.92 Å². The van der Waals surface area contributed by atoms with E-state index >= 15 is 0 Å². The molecular formula is C13H12O2S. The van der Waals surface area contributed by atoms with Crippen molar-refractivity contribution < 1.29 is 9.15 Å². The molecule has 0 aliphatic heterocycles. The van der Waals surface area contributed by atoms with E-state index in [1.807, 2.05) is 31.2 Å². The van der Waals surface area contributed by atoms with E-state index in [2.05, 4.69) is 6.58 Å². The van der Waals surface area contributed by atoms with Gasteiger partial charge in [-0.3, -0.25) is 0 Å². The summed E-state index contributed by atoms with van der Waals surface area (Å²) in [4.78, 5) is 0. The van der Waals surface area contributed by atoms with Gasteiger partial charge in [-0.05, 0) is 43.4 Å². The van der Waals surface area contributed by atoms with Gasteiger partial charge in [-0.2, -0.15) is 0 Å². The maximum atomic E-state index is 5.60. The molecule has 16 heavy (non-hydrogen) atoms. The first-order valence-electron chi connectivity index (χ1n) is 5.02. The first-order chi connectivity index (χ1) is 7.69. The summed E-state index contributed by atoms with van der Waals surface area (Å²) >= 11 is 4.97. The van der Waals surface area contributed by atoms with E-state index in [4.69, 9.17) is 21.4 Å².